The highest BCUT2D eigenvalue weighted by Gasteiger charge is 2.21. The molecule has 2 aromatic rings. The van der Waals surface area contributed by atoms with Crippen molar-refractivity contribution in [1.29, 1.82) is 0 Å². The molecule has 9 heteroatoms. The summed E-state index contributed by atoms with van der Waals surface area (Å²) in [6, 6.07) is 9.92. The maximum Gasteiger partial charge on any atom is 0.316 e. The highest BCUT2D eigenvalue weighted by Crippen LogP contribution is 2.31. The Bertz CT molecular complexity index is 900. The standard InChI is InChI=1S/C20H23N3O6/c1-27-16-8-7-12(10-17(16)28-2)15(11-18(24)29-3)23-19(25)13-5-4-6-14(9-13)22-20(21)26/h4-10,15H,11H2,1-3H3,(H,23,25)(H3,21,22,26)/t15-/m1/s1. The van der Waals surface area contributed by atoms with Crippen LogP contribution in [0.1, 0.15) is 28.4 Å². The molecular weight excluding hydrogens is 378 g/mol. The normalized spacial score (nSPS) is 11.1. The number of primary amides is 1. The zero-order valence-electron chi connectivity index (χ0n) is 16.4. The first-order valence-electron chi connectivity index (χ1n) is 8.64. The van der Waals surface area contributed by atoms with Crippen LogP contribution in [0.3, 0.4) is 0 Å². The number of amides is 3. The molecule has 4 N–H and O–H groups in total. The van der Waals surface area contributed by atoms with Gasteiger partial charge in [-0.15, -0.1) is 0 Å². The van der Waals surface area contributed by atoms with Gasteiger partial charge in [0.15, 0.2) is 11.5 Å². The van der Waals surface area contributed by atoms with Crippen LogP contribution in [0.25, 0.3) is 0 Å². The summed E-state index contributed by atoms with van der Waals surface area (Å²) in [5, 5.41) is 5.21. The number of esters is 1. The number of methoxy groups -OCH3 is 3. The SMILES string of the molecule is COC(=O)C[C@@H](NC(=O)c1cccc(NC(N)=O)c1)c1ccc(OC)c(OC)c1. The summed E-state index contributed by atoms with van der Waals surface area (Å²) >= 11 is 0. The zero-order valence-corrected chi connectivity index (χ0v) is 16.4. The van der Waals surface area contributed by atoms with E-state index in [-0.39, 0.29) is 12.0 Å². The summed E-state index contributed by atoms with van der Waals surface area (Å²) in [6.45, 7) is 0. The summed E-state index contributed by atoms with van der Waals surface area (Å²) in [7, 11) is 4.28. The van der Waals surface area contributed by atoms with E-state index in [1.165, 1.54) is 27.4 Å². The second kappa shape index (κ2) is 9.98. The van der Waals surface area contributed by atoms with E-state index in [1.54, 1.807) is 36.4 Å². The lowest BCUT2D eigenvalue weighted by Gasteiger charge is -2.20. The first-order chi connectivity index (χ1) is 13.9. The maximum absolute atomic E-state index is 12.8. The van der Waals surface area contributed by atoms with E-state index in [0.717, 1.165) is 0 Å². The monoisotopic (exact) mass is 401 g/mol. The van der Waals surface area contributed by atoms with Crippen LogP contribution in [0.5, 0.6) is 11.5 Å². The Morgan fingerprint density at radius 1 is 1.00 bits per heavy atom. The lowest BCUT2D eigenvalue weighted by atomic mass is 10.0. The Kier molecular flexibility index (Phi) is 7.41. The molecule has 0 aromatic heterocycles. The minimum Gasteiger partial charge on any atom is -0.493 e. The van der Waals surface area contributed by atoms with Crippen LogP contribution in [-0.2, 0) is 9.53 Å². The predicted molar refractivity (Wildman–Crippen MR) is 106 cm³/mol. The molecule has 0 aliphatic heterocycles. The molecule has 1 atom stereocenters. The summed E-state index contributed by atoms with van der Waals surface area (Å²) in [5.74, 6) is 0.0439. The van der Waals surface area contributed by atoms with Crippen molar-refractivity contribution in [3.63, 3.8) is 0 Å². The third-order valence-corrected chi connectivity index (χ3v) is 4.11. The van der Waals surface area contributed by atoms with Crippen molar-refractivity contribution in [2.45, 2.75) is 12.5 Å². The molecule has 154 valence electrons. The van der Waals surface area contributed by atoms with Crippen LogP contribution in [0.15, 0.2) is 42.5 Å². The van der Waals surface area contributed by atoms with E-state index in [4.69, 9.17) is 19.9 Å². The van der Waals surface area contributed by atoms with Crippen LogP contribution in [0.4, 0.5) is 10.5 Å². The molecule has 9 nitrogen and oxygen atoms in total. The summed E-state index contributed by atoms with van der Waals surface area (Å²) in [5.41, 5.74) is 6.40. The van der Waals surface area contributed by atoms with Crippen molar-refractivity contribution < 1.29 is 28.6 Å². The van der Waals surface area contributed by atoms with E-state index in [1.807, 2.05) is 0 Å². The van der Waals surface area contributed by atoms with Crippen molar-refractivity contribution in [3.05, 3.63) is 53.6 Å². The fourth-order valence-electron chi connectivity index (χ4n) is 2.69. The molecule has 0 heterocycles. The van der Waals surface area contributed by atoms with Crippen LogP contribution in [0.2, 0.25) is 0 Å². The molecule has 0 saturated carbocycles. The molecule has 0 unspecified atom stereocenters. The Balaban J connectivity index is 2.30. The van der Waals surface area contributed by atoms with Crippen molar-refractivity contribution in [3.8, 4) is 11.5 Å². The largest absolute Gasteiger partial charge is 0.493 e. The van der Waals surface area contributed by atoms with E-state index >= 15 is 0 Å². The van der Waals surface area contributed by atoms with Gasteiger partial charge in [0.2, 0.25) is 0 Å². The number of carbonyl (C=O) groups is 3. The lowest BCUT2D eigenvalue weighted by Crippen LogP contribution is -2.30. The Morgan fingerprint density at radius 2 is 1.72 bits per heavy atom. The van der Waals surface area contributed by atoms with Gasteiger partial charge >= 0.3 is 12.0 Å². The highest BCUT2D eigenvalue weighted by molar-refractivity contribution is 5.97. The number of urea groups is 1. The van der Waals surface area contributed by atoms with Gasteiger partial charge in [-0.25, -0.2) is 4.79 Å². The van der Waals surface area contributed by atoms with E-state index in [0.29, 0.717) is 22.7 Å². The maximum atomic E-state index is 12.8. The average molecular weight is 401 g/mol. The number of nitrogens with two attached hydrogens (primary N) is 1. The van der Waals surface area contributed by atoms with Crippen molar-refractivity contribution in [2.75, 3.05) is 26.6 Å². The molecule has 0 aliphatic rings. The molecule has 0 spiro atoms. The molecule has 2 aromatic carbocycles. The Morgan fingerprint density at radius 3 is 2.34 bits per heavy atom. The third kappa shape index (κ3) is 5.86. The van der Waals surface area contributed by atoms with Gasteiger partial charge in [0, 0.05) is 11.3 Å². The summed E-state index contributed by atoms with van der Waals surface area (Å²) in [4.78, 5) is 35.6. The highest BCUT2D eigenvalue weighted by atomic mass is 16.5. The van der Waals surface area contributed by atoms with Gasteiger partial charge in [0.25, 0.3) is 5.91 Å². The number of anilines is 1. The molecule has 0 fully saturated rings. The number of hydrogen-bond acceptors (Lipinski definition) is 6. The fraction of sp³-hybridized carbons (Fsp3) is 0.250. The van der Waals surface area contributed by atoms with Gasteiger partial charge in [-0.1, -0.05) is 12.1 Å². The molecule has 2 rings (SSSR count). The third-order valence-electron chi connectivity index (χ3n) is 4.11. The van der Waals surface area contributed by atoms with Gasteiger partial charge in [-0.2, -0.15) is 0 Å². The first-order valence-corrected chi connectivity index (χ1v) is 8.64. The number of benzene rings is 2. The Labute approximate surface area is 168 Å². The van der Waals surface area contributed by atoms with Gasteiger partial charge in [0.1, 0.15) is 0 Å². The fourth-order valence-corrected chi connectivity index (χ4v) is 2.69. The molecule has 0 bridgehead atoms. The van der Waals surface area contributed by atoms with Gasteiger partial charge < -0.3 is 30.6 Å². The minimum absolute atomic E-state index is 0.0864. The summed E-state index contributed by atoms with van der Waals surface area (Å²) < 4.78 is 15.3. The number of ether oxygens (including phenoxy) is 3. The van der Waals surface area contributed by atoms with Crippen LogP contribution >= 0.6 is 0 Å². The second-order valence-corrected chi connectivity index (χ2v) is 5.99. The van der Waals surface area contributed by atoms with Crippen molar-refractivity contribution in [1.82, 2.24) is 5.32 Å². The average Bonchev–Trinajstić information content (AvgIpc) is 2.72. The summed E-state index contributed by atoms with van der Waals surface area (Å²) in [6.07, 6.45) is -0.0864. The molecule has 0 radical (unpaired) electrons. The molecule has 29 heavy (non-hydrogen) atoms. The van der Waals surface area contributed by atoms with Crippen molar-refractivity contribution in [2.24, 2.45) is 5.73 Å². The molecule has 3 amide bonds. The number of carbonyl (C=O) groups excluding carboxylic acids is 3. The molecule has 0 saturated heterocycles. The van der Waals surface area contributed by atoms with E-state index in [2.05, 4.69) is 10.6 Å². The smallest absolute Gasteiger partial charge is 0.316 e. The second-order valence-electron chi connectivity index (χ2n) is 5.99. The van der Waals surface area contributed by atoms with Crippen LogP contribution < -0.4 is 25.8 Å². The quantitative estimate of drug-likeness (QED) is 0.582. The number of rotatable bonds is 8. The number of nitrogens with one attached hydrogen (secondary N) is 2. The van der Waals surface area contributed by atoms with E-state index in [9.17, 15) is 14.4 Å². The Hall–Kier alpha value is -3.75. The number of hydrogen-bond donors (Lipinski definition) is 3. The van der Waals surface area contributed by atoms with Crippen LogP contribution in [-0.4, -0.2) is 39.2 Å². The molecule has 0 aliphatic carbocycles. The lowest BCUT2D eigenvalue weighted by molar-refractivity contribution is -0.141. The minimum atomic E-state index is -0.739. The van der Waals surface area contributed by atoms with Gasteiger partial charge in [-0.05, 0) is 35.9 Å². The van der Waals surface area contributed by atoms with Crippen molar-refractivity contribution >= 4 is 23.6 Å². The van der Waals surface area contributed by atoms with E-state index < -0.39 is 23.9 Å². The van der Waals surface area contributed by atoms with Gasteiger partial charge in [0.05, 0.1) is 33.8 Å². The first kappa shape index (κ1) is 21.5. The zero-order chi connectivity index (χ0) is 21.4. The van der Waals surface area contributed by atoms with Crippen LogP contribution in [0, 0.1) is 0 Å². The predicted octanol–water partition coefficient (Wildman–Crippen LogP) is 2.23. The van der Waals surface area contributed by atoms with Gasteiger partial charge in [-0.3, -0.25) is 9.59 Å². The topological polar surface area (TPSA) is 129 Å². The molecular formula is C20H23N3O6.